The Morgan fingerprint density at radius 2 is 1.71 bits per heavy atom. The van der Waals surface area contributed by atoms with Gasteiger partial charge in [-0.15, -0.1) is 0 Å². The van der Waals surface area contributed by atoms with Gasteiger partial charge in [-0.1, -0.05) is 19.3 Å². The Balaban J connectivity index is 1.80. The van der Waals surface area contributed by atoms with Crippen LogP contribution in [0.3, 0.4) is 0 Å². The first-order valence-corrected chi connectivity index (χ1v) is 7.63. The third kappa shape index (κ3) is 5.21. The van der Waals surface area contributed by atoms with Crippen LogP contribution in [-0.2, 0) is 4.79 Å². The first-order valence-electron chi connectivity index (χ1n) is 7.63. The van der Waals surface area contributed by atoms with Gasteiger partial charge in [0.05, 0.1) is 13.0 Å². The number of carboxylic acid groups (broad SMARTS) is 1. The molecule has 114 valence electrons. The molecule has 4 heteroatoms. The first-order chi connectivity index (χ1) is 10.1. The minimum Gasteiger partial charge on any atom is -0.493 e. The summed E-state index contributed by atoms with van der Waals surface area (Å²) in [4.78, 5) is 22.2. The Kier molecular flexibility index (Phi) is 5.78. The lowest BCUT2D eigenvalue weighted by Gasteiger charge is -2.21. The minimum absolute atomic E-state index is 0.0393. The van der Waals surface area contributed by atoms with Crippen molar-refractivity contribution >= 4 is 11.8 Å². The van der Waals surface area contributed by atoms with Gasteiger partial charge in [-0.05, 0) is 43.0 Å². The average Bonchev–Trinajstić information content (AvgIpc) is 2.52. The van der Waals surface area contributed by atoms with Gasteiger partial charge in [0.25, 0.3) is 0 Å². The van der Waals surface area contributed by atoms with E-state index in [9.17, 15) is 9.59 Å². The van der Waals surface area contributed by atoms with Gasteiger partial charge < -0.3 is 9.84 Å². The molecule has 0 saturated heterocycles. The van der Waals surface area contributed by atoms with Crippen LogP contribution < -0.4 is 4.74 Å². The molecule has 0 amide bonds. The Bertz CT molecular complexity index is 472. The third-order valence-corrected chi connectivity index (χ3v) is 3.95. The van der Waals surface area contributed by atoms with Gasteiger partial charge in [0.15, 0.2) is 5.78 Å². The minimum atomic E-state index is -0.948. The Labute approximate surface area is 125 Å². The topological polar surface area (TPSA) is 63.6 Å². The summed E-state index contributed by atoms with van der Waals surface area (Å²) in [6.07, 6.45) is 6.33. The van der Waals surface area contributed by atoms with Gasteiger partial charge in [-0.3, -0.25) is 9.59 Å². The summed E-state index contributed by atoms with van der Waals surface area (Å²) >= 11 is 0. The molecule has 1 fully saturated rings. The van der Waals surface area contributed by atoms with Crippen molar-refractivity contribution in [3.8, 4) is 5.75 Å². The molecule has 0 unspecified atom stereocenters. The van der Waals surface area contributed by atoms with E-state index in [1.165, 1.54) is 32.1 Å². The number of carbonyl (C=O) groups is 2. The standard InChI is InChI=1S/C17H22O4/c18-16(10-11-17(19)20)14-6-8-15(9-7-14)21-12-13-4-2-1-3-5-13/h6-9,13H,1-5,10-12H2,(H,19,20). The molecule has 1 aromatic rings. The number of hydrogen-bond donors (Lipinski definition) is 1. The summed E-state index contributed by atoms with van der Waals surface area (Å²) in [5.41, 5.74) is 0.543. The third-order valence-electron chi connectivity index (χ3n) is 3.95. The van der Waals surface area contributed by atoms with E-state index in [0.717, 1.165) is 12.4 Å². The van der Waals surface area contributed by atoms with Gasteiger partial charge in [0, 0.05) is 12.0 Å². The van der Waals surface area contributed by atoms with Crippen molar-refractivity contribution in [2.45, 2.75) is 44.9 Å². The summed E-state index contributed by atoms with van der Waals surface area (Å²) in [7, 11) is 0. The second-order valence-corrected chi connectivity index (χ2v) is 5.66. The summed E-state index contributed by atoms with van der Waals surface area (Å²) in [5, 5.41) is 8.57. The lowest BCUT2D eigenvalue weighted by Crippen LogP contribution is -2.15. The molecule has 21 heavy (non-hydrogen) atoms. The van der Waals surface area contributed by atoms with Crippen LogP contribution in [0.15, 0.2) is 24.3 Å². The van der Waals surface area contributed by atoms with Crippen molar-refractivity contribution in [2.75, 3.05) is 6.61 Å². The van der Waals surface area contributed by atoms with E-state index in [2.05, 4.69) is 0 Å². The highest BCUT2D eigenvalue weighted by Crippen LogP contribution is 2.24. The molecular formula is C17H22O4. The van der Waals surface area contributed by atoms with Crippen LogP contribution >= 0.6 is 0 Å². The molecule has 0 aromatic heterocycles. The molecule has 2 rings (SSSR count). The molecule has 1 aliphatic rings. The monoisotopic (exact) mass is 290 g/mol. The number of Topliss-reactive ketones (excluding diaryl/α,β-unsaturated/α-hetero) is 1. The van der Waals surface area contributed by atoms with E-state index in [1.54, 1.807) is 24.3 Å². The molecule has 0 aliphatic heterocycles. The Morgan fingerprint density at radius 1 is 1.05 bits per heavy atom. The number of ether oxygens (including phenoxy) is 1. The van der Waals surface area contributed by atoms with Crippen LogP contribution in [0.5, 0.6) is 5.75 Å². The fraction of sp³-hybridized carbons (Fsp3) is 0.529. The van der Waals surface area contributed by atoms with Crippen LogP contribution in [0.2, 0.25) is 0 Å². The second-order valence-electron chi connectivity index (χ2n) is 5.66. The predicted octanol–water partition coefficient (Wildman–Crippen LogP) is 3.69. The van der Waals surface area contributed by atoms with Crippen LogP contribution in [0.4, 0.5) is 0 Å². The predicted molar refractivity (Wildman–Crippen MR) is 79.7 cm³/mol. The first kappa shape index (κ1) is 15.5. The van der Waals surface area contributed by atoms with Crippen molar-refractivity contribution in [1.29, 1.82) is 0 Å². The summed E-state index contributed by atoms with van der Waals surface area (Å²) < 4.78 is 5.77. The highest BCUT2D eigenvalue weighted by molar-refractivity contribution is 5.97. The number of aliphatic carboxylic acids is 1. The number of rotatable bonds is 7. The molecular weight excluding hydrogens is 268 g/mol. The Morgan fingerprint density at radius 3 is 2.33 bits per heavy atom. The molecule has 0 atom stereocenters. The maximum Gasteiger partial charge on any atom is 0.303 e. The average molecular weight is 290 g/mol. The lowest BCUT2D eigenvalue weighted by molar-refractivity contribution is -0.136. The quantitative estimate of drug-likeness (QED) is 0.778. The van der Waals surface area contributed by atoms with E-state index < -0.39 is 5.97 Å². The molecule has 1 saturated carbocycles. The van der Waals surface area contributed by atoms with Crippen LogP contribution in [0, 0.1) is 5.92 Å². The molecule has 0 spiro atoms. The van der Waals surface area contributed by atoms with Crippen LogP contribution in [0.1, 0.15) is 55.3 Å². The highest BCUT2D eigenvalue weighted by Gasteiger charge is 2.14. The number of carboxylic acids is 1. The van der Waals surface area contributed by atoms with Crippen molar-refractivity contribution in [3.63, 3.8) is 0 Å². The van der Waals surface area contributed by atoms with Crippen molar-refractivity contribution in [2.24, 2.45) is 5.92 Å². The number of hydrogen-bond acceptors (Lipinski definition) is 3. The zero-order valence-corrected chi connectivity index (χ0v) is 12.2. The fourth-order valence-corrected chi connectivity index (χ4v) is 2.67. The maximum atomic E-state index is 11.8. The largest absolute Gasteiger partial charge is 0.493 e. The normalized spacial score (nSPS) is 15.6. The zero-order chi connectivity index (χ0) is 15.1. The molecule has 4 nitrogen and oxygen atoms in total. The summed E-state index contributed by atoms with van der Waals surface area (Å²) in [6, 6.07) is 6.99. The van der Waals surface area contributed by atoms with Crippen LogP contribution in [0.25, 0.3) is 0 Å². The summed E-state index contributed by atoms with van der Waals surface area (Å²) in [5.74, 6) is 0.331. The summed E-state index contributed by atoms with van der Waals surface area (Å²) in [6.45, 7) is 0.742. The van der Waals surface area contributed by atoms with Crippen molar-refractivity contribution in [3.05, 3.63) is 29.8 Å². The number of carbonyl (C=O) groups excluding carboxylic acids is 1. The van der Waals surface area contributed by atoms with Crippen LogP contribution in [-0.4, -0.2) is 23.5 Å². The van der Waals surface area contributed by atoms with E-state index in [0.29, 0.717) is 11.5 Å². The molecule has 0 radical (unpaired) electrons. The Hall–Kier alpha value is -1.84. The molecule has 1 aromatic carbocycles. The molecule has 1 N–H and O–H groups in total. The van der Waals surface area contributed by atoms with E-state index in [-0.39, 0.29) is 18.6 Å². The highest BCUT2D eigenvalue weighted by atomic mass is 16.5. The van der Waals surface area contributed by atoms with Crippen molar-refractivity contribution < 1.29 is 19.4 Å². The SMILES string of the molecule is O=C(O)CCC(=O)c1ccc(OCC2CCCCC2)cc1. The maximum absolute atomic E-state index is 11.8. The van der Waals surface area contributed by atoms with Gasteiger partial charge in [0.2, 0.25) is 0 Å². The molecule has 0 heterocycles. The van der Waals surface area contributed by atoms with Crippen molar-refractivity contribution in [1.82, 2.24) is 0 Å². The lowest BCUT2D eigenvalue weighted by atomic mass is 9.90. The van der Waals surface area contributed by atoms with Gasteiger partial charge >= 0.3 is 5.97 Å². The van der Waals surface area contributed by atoms with Gasteiger partial charge in [-0.2, -0.15) is 0 Å². The number of ketones is 1. The van der Waals surface area contributed by atoms with Gasteiger partial charge in [-0.25, -0.2) is 0 Å². The molecule has 0 bridgehead atoms. The second kappa shape index (κ2) is 7.81. The molecule has 1 aliphatic carbocycles. The fourth-order valence-electron chi connectivity index (χ4n) is 2.67. The van der Waals surface area contributed by atoms with E-state index >= 15 is 0 Å². The smallest absolute Gasteiger partial charge is 0.303 e. The zero-order valence-electron chi connectivity index (χ0n) is 12.2. The number of benzene rings is 1. The van der Waals surface area contributed by atoms with Gasteiger partial charge in [0.1, 0.15) is 5.75 Å². The van der Waals surface area contributed by atoms with E-state index in [1.807, 2.05) is 0 Å². The van der Waals surface area contributed by atoms with E-state index in [4.69, 9.17) is 9.84 Å².